The summed E-state index contributed by atoms with van der Waals surface area (Å²) in [5.74, 6) is 5.08. The molecule has 7 unspecified atom stereocenters. The van der Waals surface area contributed by atoms with Crippen molar-refractivity contribution in [2.75, 3.05) is 0 Å². The quantitative estimate of drug-likeness (QED) is 0.154. The molecule has 10 aliphatic rings. The number of benzene rings is 6. The number of nitriles is 2. The van der Waals surface area contributed by atoms with Crippen molar-refractivity contribution in [1.82, 2.24) is 4.40 Å². The van der Waals surface area contributed by atoms with Crippen LogP contribution >= 0.6 is 0 Å². The van der Waals surface area contributed by atoms with E-state index in [0.717, 1.165) is 34.8 Å². The molecule has 3 nitrogen and oxygen atoms in total. The summed E-state index contributed by atoms with van der Waals surface area (Å²) in [7, 11) is 0. The SMILES string of the molecule is N#Cc1cc2c(c3c1C1CC4CC(C1)CC3C4)c1cc3c(c4c5c6c(c(C#N)cc5n2c14)C1CC2CC4CC6CC24C1)C1(c2ccccc2-c2ccccc21)c1ccccc1-3. The zero-order valence-corrected chi connectivity index (χ0v) is 34.2. The van der Waals surface area contributed by atoms with E-state index in [-0.39, 0.29) is 0 Å². The normalized spacial score (nSPS) is 31.4. The van der Waals surface area contributed by atoms with E-state index in [1.807, 2.05) is 0 Å². The molecule has 290 valence electrons. The first kappa shape index (κ1) is 31.9. The second-order valence-corrected chi connectivity index (χ2v) is 21.7. The van der Waals surface area contributed by atoms with Crippen molar-refractivity contribution in [2.24, 2.45) is 29.1 Å². The number of aromatic nitrogens is 1. The molecule has 2 heterocycles. The molecular formula is C58H43N3. The fraction of sp³-hybridized carbons (Fsp3) is 0.345. The average Bonchev–Trinajstić information content (AvgIpc) is 4.06. The Hall–Kier alpha value is -5.90. The van der Waals surface area contributed by atoms with Gasteiger partial charge in [-0.1, -0.05) is 72.8 Å². The van der Waals surface area contributed by atoms with E-state index in [1.54, 1.807) is 0 Å². The Morgan fingerprint density at radius 3 is 1.61 bits per heavy atom. The Labute approximate surface area is 355 Å². The zero-order valence-electron chi connectivity index (χ0n) is 34.2. The molecule has 2 aromatic heterocycles. The maximum absolute atomic E-state index is 11.3. The van der Waals surface area contributed by atoms with Crippen LogP contribution in [0.15, 0.2) is 91.0 Å². The first-order chi connectivity index (χ1) is 30.1. The summed E-state index contributed by atoms with van der Waals surface area (Å²) >= 11 is 0. The second-order valence-electron chi connectivity index (χ2n) is 21.7. The largest absolute Gasteiger partial charge is 0.308 e. The van der Waals surface area contributed by atoms with Gasteiger partial charge in [-0.2, -0.15) is 10.5 Å². The minimum Gasteiger partial charge on any atom is -0.308 e. The third-order valence-electron chi connectivity index (χ3n) is 19.8. The topological polar surface area (TPSA) is 52.0 Å². The molecule has 0 radical (unpaired) electrons. The van der Waals surface area contributed by atoms with Crippen LogP contribution < -0.4 is 0 Å². The van der Waals surface area contributed by atoms with Gasteiger partial charge in [-0.05, 0) is 202 Å². The van der Waals surface area contributed by atoms with Crippen LogP contribution in [0, 0.1) is 51.7 Å². The van der Waals surface area contributed by atoms with Crippen LogP contribution in [0.4, 0.5) is 0 Å². The van der Waals surface area contributed by atoms with Gasteiger partial charge >= 0.3 is 0 Å². The lowest BCUT2D eigenvalue weighted by Crippen LogP contribution is -2.41. The summed E-state index contributed by atoms with van der Waals surface area (Å²) < 4.78 is 2.63. The van der Waals surface area contributed by atoms with Gasteiger partial charge < -0.3 is 4.40 Å². The van der Waals surface area contributed by atoms with Crippen molar-refractivity contribution < 1.29 is 0 Å². The molecule has 0 saturated heterocycles. The van der Waals surface area contributed by atoms with Gasteiger partial charge in [-0.15, -0.1) is 0 Å². The van der Waals surface area contributed by atoms with E-state index in [9.17, 15) is 10.5 Å². The Morgan fingerprint density at radius 1 is 0.492 bits per heavy atom. The van der Waals surface area contributed by atoms with Crippen LogP contribution in [0.1, 0.15) is 144 Å². The van der Waals surface area contributed by atoms with Crippen LogP contribution in [-0.2, 0) is 5.41 Å². The summed E-state index contributed by atoms with van der Waals surface area (Å²) in [5.41, 5.74) is 22.5. The van der Waals surface area contributed by atoms with Gasteiger partial charge in [0.2, 0.25) is 0 Å². The molecule has 3 heteroatoms. The monoisotopic (exact) mass is 781 g/mol. The molecule has 2 spiro atoms. The van der Waals surface area contributed by atoms with E-state index in [0.29, 0.717) is 29.1 Å². The fourth-order valence-corrected chi connectivity index (χ4v) is 18.4. The van der Waals surface area contributed by atoms with E-state index in [4.69, 9.17) is 0 Å². The first-order valence-electron chi connectivity index (χ1n) is 23.6. The lowest BCUT2D eigenvalue weighted by atomic mass is 9.56. The van der Waals surface area contributed by atoms with Crippen LogP contribution in [0.25, 0.3) is 60.3 Å². The zero-order chi connectivity index (χ0) is 39.4. The minimum absolute atomic E-state index is 0.463. The molecule has 6 aromatic carbocycles. The van der Waals surface area contributed by atoms with Crippen molar-refractivity contribution >= 4 is 38.1 Å². The molecule has 10 aliphatic carbocycles. The van der Waals surface area contributed by atoms with Crippen molar-refractivity contribution in [3.63, 3.8) is 0 Å². The Morgan fingerprint density at radius 2 is 1.00 bits per heavy atom. The summed E-state index contributed by atoms with van der Waals surface area (Å²) in [6.45, 7) is 0. The van der Waals surface area contributed by atoms with Crippen LogP contribution in [-0.4, -0.2) is 4.40 Å². The lowest BCUT2D eigenvalue weighted by molar-refractivity contribution is 0.00322. The van der Waals surface area contributed by atoms with Gasteiger partial charge in [0.15, 0.2) is 0 Å². The molecule has 5 fully saturated rings. The Balaban J connectivity index is 1.14. The van der Waals surface area contributed by atoms with Crippen LogP contribution in [0.5, 0.6) is 0 Å². The Bertz CT molecular complexity index is 3490. The average molecular weight is 782 g/mol. The summed E-state index contributed by atoms with van der Waals surface area (Å²) in [4.78, 5) is 0. The smallest absolute Gasteiger partial charge is 0.0995 e. The molecule has 7 bridgehead atoms. The fourth-order valence-electron chi connectivity index (χ4n) is 18.4. The van der Waals surface area contributed by atoms with E-state index < -0.39 is 5.41 Å². The molecule has 18 rings (SSSR count). The molecule has 0 amide bonds. The van der Waals surface area contributed by atoms with Gasteiger partial charge in [-0.25, -0.2) is 0 Å². The number of rotatable bonds is 0. The van der Waals surface area contributed by atoms with Crippen molar-refractivity contribution in [3.8, 4) is 34.4 Å². The summed E-state index contributed by atoms with van der Waals surface area (Å²) in [5, 5.41) is 28.2. The van der Waals surface area contributed by atoms with E-state index in [2.05, 4.69) is 108 Å². The van der Waals surface area contributed by atoms with Gasteiger partial charge in [0.25, 0.3) is 0 Å². The predicted octanol–water partition coefficient (Wildman–Crippen LogP) is 13.7. The second kappa shape index (κ2) is 10.1. The summed E-state index contributed by atoms with van der Waals surface area (Å²) in [6, 6.07) is 41.0. The molecule has 8 aromatic rings. The highest BCUT2D eigenvalue weighted by Gasteiger charge is 2.66. The number of hydrogen-bond donors (Lipinski definition) is 0. The highest BCUT2D eigenvalue weighted by molar-refractivity contribution is 6.29. The van der Waals surface area contributed by atoms with Gasteiger partial charge in [0, 0.05) is 21.5 Å². The number of fused-ring (bicyclic) bond motifs is 23. The van der Waals surface area contributed by atoms with Crippen molar-refractivity contribution in [1.29, 1.82) is 10.5 Å². The molecule has 0 aliphatic heterocycles. The number of nitrogens with zero attached hydrogens (tertiary/aromatic N) is 3. The minimum atomic E-state index is -0.485. The summed E-state index contributed by atoms with van der Waals surface area (Å²) in [6.07, 6.45) is 12.8. The van der Waals surface area contributed by atoms with E-state index >= 15 is 0 Å². The third kappa shape index (κ3) is 3.23. The predicted molar refractivity (Wildman–Crippen MR) is 240 cm³/mol. The maximum atomic E-state index is 11.3. The molecule has 7 atom stereocenters. The van der Waals surface area contributed by atoms with Gasteiger partial charge in [0.1, 0.15) is 0 Å². The van der Waals surface area contributed by atoms with Crippen molar-refractivity contribution in [2.45, 2.75) is 93.3 Å². The highest BCUT2D eigenvalue weighted by atomic mass is 14.9. The number of hydrogen-bond acceptors (Lipinski definition) is 2. The highest BCUT2D eigenvalue weighted by Crippen LogP contribution is 2.77. The first-order valence-corrected chi connectivity index (χ1v) is 23.6. The van der Waals surface area contributed by atoms with E-state index in [1.165, 1.54) is 169 Å². The molecule has 61 heavy (non-hydrogen) atoms. The Kier molecular flexibility index (Phi) is 5.26. The standard InChI is InChI=1S/C58H43N3/c59-26-34-20-46-52(50-31-16-28-13-29(17-31)15-30(14-28)48(34)50)42-23-41-40-9-3-6-12-45(40)58(43-10-4-1-7-38(43)39-8-2-5-11-44(39)58)55(41)54-53-47(61(46)56(42)54)21-35(27-60)49-32-18-36-22-37-19-33(51(49)53)25-57(36,37)24-32/h1-12,20-21,23,28-33,36-37H,13-19,22,24-25H2. The molecule has 0 N–H and O–H groups in total. The molecular weight excluding hydrogens is 739 g/mol. The van der Waals surface area contributed by atoms with Crippen LogP contribution in [0.2, 0.25) is 0 Å². The van der Waals surface area contributed by atoms with Crippen molar-refractivity contribution in [3.05, 3.63) is 147 Å². The third-order valence-corrected chi connectivity index (χ3v) is 19.8. The van der Waals surface area contributed by atoms with Crippen LogP contribution in [0.3, 0.4) is 0 Å². The lowest BCUT2D eigenvalue weighted by Gasteiger charge is -2.48. The maximum Gasteiger partial charge on any atom is 0.0995 e. The van der Waals surface area contributed by atoms with Gasteiger partial charge in [-0.3, -0.25) is 0 Å². The van der Waals surface area contributed by atoms with Gasteiger partial charge in [0.05, 0.1) is 45.2 Å². The molecule has 5 saturated carbocycles.